The molecule has 0 aromatic heterocycles. The summed E-state index contributed by atoms with van der Waals surface area (Å²) in [5.74, 6) is 0.352. The fraction of sp³-hybridized carbons (Fsp3) is 0.632. The highest BCUT2D eigenvalue weighted by atomic mass is 79.9. The molecule has 1 aromatic carbocycles. The second-order valence-electron chi connectivity index (χ2n) is 8.41. The Morgan fingerprint density at radius 1 is 1.32 bits per heavy atom. The van der Waals surface area contributed by atoms with Gasteiger partial charge in [0.25, 0.3) is 0 Å². The standard InChI is InChI=1S/C19H24BrNO3S/c1-18(2)14-8-9-19(18)12-25(23,24)21(16(19)11-14)17(22)15(20)10-13-6-4-3-5-7-13/h3-7,14-16H,8-12H2,1-2H3/t14-,15-,16-,19-/m1/s1. The molecule has 1 heterocycles. The molecule has 6 heteroatoms. The van der Waals surface area contributed by atoms with Gasteiger partial charge >= 0.3 is 0 Å². The quantitative estimate of drug-likeness (QED) is 0.697. The number of hydrogen-bond donors (Lipinski definition) is 0. The first-order chi connectivity index (χ1) is 11.7. The minimum Gasteiger partial charge on any atom is -0.272 e. The van der Waals surface area contributed by atoms with E-state index in [1.807, 2.05) is 30.3 Å². The van der Waals surface area contributed by atoms with Crippen LogP contribution in [0.5, 0.6) is 0 Å². The normalized spacial score (nSPS) is 35.6. The second kappa shape index (κ2) is 5.56. The number of fused-ring (bicyclic) bond motifs is 1. The molecule has 4 atom stereocenters. The van der Waals surface area contributed by atoms with Crippen molar-refractivity contribution in [3.63, 3.8) is 0 Å². The molecule has 3 aliphatic rings. The van der Waals surface area contributed by atoms with E-state index in [0.717, 1.165) is 24.8 Å². The Kier molecular flexibility index (Phi) is 3.90. The lowest BCUT2D eigenvalue weighted by Crippen LogP contribution is -2.47. The van der Waals surface area contributed by atoms with Crippen LogP contribution in [0.15, 0.2) is 30.3 Å². The molecule has 2 bridgehead atoms. The van der Waals surface area contributed by atoms with Gasteiger partial charge in [-0.2, -0.15) is 0 Å². The number of nitrogens with zero attached hydrogens (tertiary/aromatic N) is 1. The van der Waals surface area contributed by atoms with Gasteiger partial charge in [0.05, 0.1) is 16.6 Å². The van der Waals surface area contributed by atoms with Crippen molar-refractivity contribution in [2.75, 3.05) is 5.75 Å². The van der Waals surface area contributed by atoms with Crippen LogP contribution < -0.4 is 0 Å². The summed E-state index contributed by atoms with van der Waals surface area (Å²) in [4.78, 5) is 12.6. The third-order valence-electron chi connectivity index (χ3n) is 7.15. The molecule has 0 radical (unpaired) electrons. The molecule has 4 rings (SSSR count). The Morgan fingerprint density at radius 2 is 2.00 bits per heavy atom. The monoisotopic (exact) mass is 425 g/mol. The molecule has 4 nitrogen and oxygen atoms in total. The van der Waals surface area contributed by atoms with E-state index in [4.69, 9.17) is 0 Å². The lowest BCUT2D eigenvalue weighted by atomic mass is 9.69. The zero-order valence-corrected chi connectivity index (χ0v) is 17.0. The van der Waals surface area contributed by atoms with Crippen molar-refractivity contribution in [1.29, 1.82) is 0 Å². The molecular formula is C19H24BrNO3S. The van der Waals surface area contributed by atoms with E-state index < -0.39 is 14.9 Å². The molecule has 2 aliphatic carbocycles. The number of rotatable bonds is 3. The number of benzene rings is 1. The van der Waals surface area contributed by atoms with Gasteiger partial charge < -0.3 is 0 Å². The first kappa shape index (κ1) is 17.5. The van der Waals surface area contributed by atoms with Crippen LogP contribution in [0.4, 0.5) is 0 Å². The highest BCUT2D eigenvalue weighted by Gasteiger charge is 2.72. The second-order valence-corrected chi connectivity index (χ2v) is 11.4. The van der Waals surface area contributed by atoms with E-state index in [1.54, 1.807) is 0 Å². The zero-order valence-electron chi connectivity index (χ0n) is 14.6. The molecule has 136 valence electrons. The maximum atomic E-state index is 13.1. The van der Waals surface area contributed by atoms with Crippen LogP contribution in [0.3, 0.4) is 0 Å². The van der Waals surface area contributed by atoms with Gasteiger partial charge in [-0.3, -0.25) is 4.79 Å². The largest absolute Gasteiger partial charge is 0.272 e. The summed E-state index contributed by atoms with van der Waals surface area (Å²) in [5.41, 5.74) is 0.754. The van der Waals surface area contributed by atoms with Gasteiger partial charge in [0, 0.05) is 5.41 Å². The predicted molar refractivity (Wildman–Crippen MR) is 101 cm³/mol. The van der Waals surface area contributed by atoms with Crippen LogP contribution in [0.1, 0.15) is 38.7 Å². The van der Waals surface area contributed by atoms with Gasteiger partial charge in [-0.1, -0.05) is 60.1 Å². The third kappa shape index (κ3) is 2.36. The number of hydrogen-bond acceptors (Lipinski definition) is 3. The van der Waals surface area contributed by atoms with Crippen molar-refractivity contribution in [2.24, 2.45) is 16.7 Å². The molecule has 1 amide bonds. The summed E-state index contributed by atoms with van der Waals surface area (Å²) >= 11 is 3.46. The number of halogens is 1. The van der Waals surface area contributed by atoms with Gasteiger partial charge in [0.2, 0.25) is 15.9 Å². The van der Waals surface area contributed by atoms with Crippen LogP contribution in [-0.2, 0) is 21.2 Å². The molecule has 1 aromatic rings. The van der Waals surface area contributed by atoms with E-state index in [-0.39, 0.29) is 28.5 Å². The summed E-state index contributed by atoms with van der Waals surface area (Å²) < 4.78 is 27.1. The summed E-state index contributed by atoms with van der Waals surface area (Å²) in [6.45, 7) is 4.40. The van der Waals surface area contributed by atoms with E-state index in [0.29, 0.717) is 12.3 Å². The van der Waals surface area contributed by atoms with Crippen LogP contribution >= 0.6 is 15.9 Å². The highest BCUT2D eigenvalue weighted by Crippen LogP contribution is 2.70. The Bertz CT molecular complexity index is 807. The maximum Gasteiger partial charge on any atom is 0.250 e. The van der Waals surface area contributed by atoms with Crippen molar-refractivity contribution in [3.8, 4) is 0 Å². The zero-order chi connectivity index (χ0) is 18.0. The fourth-order valence-electron chi connectivity index (χ4n) is 5.63. The fourth-order valence-corrected chi connectivity index (χ4v) is 8.93. The number of sulfonamides is 1. The minimum absolute atomic E-state index is 0.0129. The molecule has 1 spiro atoms. The average Bonchev–Trinajstić information content (AvgIpc) is 3.02. The summed E-state index contributed by atoms with van der Waals surface area (Å²) in [5, 5.41) is 0. The predicted octanol–water partition coefficient (Wildman–Crippen LogP) is 3.36. The number of alkyl halides is 1. The van der Waals surface area contributed by atoms with Crippen LogP contribution in [0.2, 0.25) is 0 Å². The van der Waals surface area contributed by atoms with E-state index in [2.05, 4.69) is 29.8 Å². The average molecular weight is 426 g/mol. The van der Waals surface area contributed by atoms with Crippen molar-refractivity contribution >= 4 is 31.9 Å². The molecule has 3 fully saturated rings. The highest BCUT2D eigenvalue weighted by molar-refractivity contribution is 9.10. The third-order valence-corrected chi connectivity index (χ3v) is 9.78. The molecule has 0 unspecified atom stereocenters. The van der Waals surface area contributed by atoms with Gasteiger partial charge in [-0.05, 0) is 42.6 Å². The topological polar surface area (TPSA) is 54.5 Å². The van der Waals surface area contributed by atoms with Crippen molar-refractivity contribution in [1.82, 2.24) is 4.31 Å². The Morgan fingerprint density at radius 3 is 2.64 bits per heavy atom. The van der Waals surface area contributed by atoms with Crippen LogP contribution in [0, 0.1) is 16.7 Å². The molecule has 1 saturated heterocycles. The van der Waals surface area contributed by atoms with Crippen molar-refractivity contribution < 1.29 is 13.2 Å². The van der Waals surface area contributed by atoms with E-state index in [1.165, 1.54) is 4.31 Å². The van der Waals surface area contributed by atoms with Crippen molar-refractivity contribution in [3.05, 3.63) is 35.9 Å². The molecule has 2 saturated carbocycles. The van der Waals surface area contributed by atoms with Crippen LogP contribution in [0.25, 0.3) is 0 Å². The molecule has 1 aliphatic heterocycles. The molecule has 25 heavy (non-hydrogen) atoms. The Labute approximate surface area is 158 Å². The Hall–Kier alpha value is -0.880. The smallest absolute Gasteiger partial charge is 0.250 e. The summed E-state index contributed by atoms with van der Waals surface area (Å²) in [7, 11) is -3.54. The van der Waals surface area contributed by atoms with E-state index >= 15 is 0 Å². The van der Waals surface area contributed by atoms with Gasteiger partial charge in [-0.15, -0.1) is 0 Å². The van der Waals surface area contributed by atoms with Crippen LogP contribution in [-0.4, -0.2) is 35.3 Å². The van der Waals surface area contributed by atoms with Gasteiger partial charge in [-0.25, -0.2) is 12.7 Å². The minimum atomic E-state index is -3.54. The summed E-state index contributed by atoms with van der Waals surface area (Å²) in [6, 6.07) is 9.55. The lowest BCUT2D eigenvalue weighted by molar-refractivity contribution is -0.128. The first-order valence-corrected chi connectivity index (χ1v) is 11.5. The van der Waals surface area contributed by atoms with Crippen molar-refractivity contribution in [2.45, 2.75) is 50.4 Å². The van der Waals surface area contributed by atoms with Gasteiger partial charge in [0.15, 0.2) is 0 Å². The number of carbonyl (C=O) groups excluding carboxylic acids is 1. The summed E-state index contributed by atoms with van der Waals surface area (Å²) in [6.07, 6.45) is 3.33. The SMILES string of the molecule is CC1(C)[C@@H]2CC[C@]13CS(=O)(=O)N(C(=O)[C@H](Br)Cc1ccccc1)[C@@H]3C2. The molecule has 0 N–H and O–H groups in total. The number of amides is 1. The van der Waals surface area contributed by atoms with E-state index in [9.17, 15) is 13.2 Å². The maximum absolute atomic E-state index is 13.1. The lowest BCUT2D eigenvalue weighted by Gasteiger charge is -2.37. The van der Waals surface area contributed by atoms with Gasteiger partial charge in [0.1, 0.15) is 0 Å². The first-order valence-electron chi connectivity index (χ1n) is 8.93. The number of carbonyl (C=O) groups is 1. The molecular weight excluding hydrogens is 402 g/mol. The Balaban J connectivity index is 1.63.